The number of carbonyl (C=O) groups excluding carboxylic acids is 1. The smallest absolute Gasteiger partial charge is 0.388 e. The van der Waals surface area contributed by atoms with E-state index in [4.69, 9.17) is 14.5 Å². The summed E-state index contributed by atoms with van der Waals surface area (Å²) in [5, 5.41) is 21.2. The molecule has 1 aliphatic carbocycles. The van der Waals surface area contributed by atoms with Crippen LogP contribution in [-0.4, -0.2) is 65.0 Å². The first kappa shape index (κ1) is 30.7. The number of amides is 1. The van der Waals surface area contributed by atoms with Crippen molar-refractivity contribution in [1.82, 2.24) is 34.4 Å². The molecule has 0 bridgehead atoms. The van der Waals surface area contributed by atoms with E-state index in [1.807, 2.05) is 34.9 Å². The summed E-state index contributed by atoms with van der Waals surface area (Å²) < 4.78 is 71.7. The molecule has 4 aliphatic rings. The summed E-state index contributed by atoms with van der Waals surface area (Å²) in [6.45, 7) is -1.13. The third kappa shape index (κ3) is 5.79. The van der Waals surface area contributed by atoms with Gasteiger partial charge in [0.15, 0.2) is 0 Å². The maximum atomic E-state index is 14.8. The number of aromatic nitrogens is 6. The van der Waals surface area contributed by atoms with Crippen LogP contribution in [0, 0.1) is 5.92 Å². The summed E-state index contributed by atoms with van der Waals surface area (Å²) in [7, 11) is 1.53. The van der Waals surface area contributed by atoms with Gasteiger partial charge in [-0.25, -0.2) is 18.4 Å². The largest absolute Gasteiger partial charge is 0.475 e. The third-order valence-electron chi connectivity index (χ3n) is 8.51. The quantitative estimate of drug-likeness (QED) is 0.218. The summed E-state index contributed by atoms with van der Waals surface area (Å²) in [5.74, 6) is -0.587. The standard InChI is InChI=1S/C32H31F4N7O4/c1-32(45)11-18(12-32)28(44)37-19-14-43-30(46-16-19)23(25(39-43)26(33)34)24-22(21-15-41(2)40-29(21)47-31(35)36)20-9-6-10-42(27(20)38-24)13-17-7-4-3-5-8-17/h3-10,15,18-19,26,31,45H,11-14,16H2,1-2H3,(H,37,44)/t18?,19-,32?/m0/s1. The van der Waals surface area contributed by atoms with E-state index >= 15 is 0 Å². The van der Waals surface area contributed by atoms with Crippen LogP contribution in [0.1, 0.15) is 37.4 Å². The lowest BCUT2D eigenvalue weighted by Crippen LogP contribution is -2.53. The fourth-order valence-electron chi connectivity index (χ4n) is 6.47. The predicted octanol–water partition coefficient (Wildman–Crippen LogP) is 4.88. The molecule has 7 rings (SSSR count). The van der Waals surface area contributed by atoms with Crippen molar-refractivity contribution in [3.8, 4) is 45.5 Å². The Hall–Kier alpha value is -4.92. The van der Waals surface area contributed by atoms with Gasteiger partial charge in [0, 0.05) is 43.0 Å². The molecule has 5 heterocycles. The molecule has 0 unspecified atom stereocenters. The van der Waals surface area contributed by atoms with Crippen molar-refractivity contribution in [3.05, 3.63) is 66.1 Å². The molecular formula is C32H31F4N7O4. The van der Waals surface area contributed by atoms with E-state index in [1.165, 1.54) is 22.6 Å². The minimum absolute atomic E-state index is 0.0104. The van der Waals surface area contributed by atoms with Gasteiger partial charge in [0.05, 0.1) is 35.0 Å². The van der Waals surface area contributed by atoms with Gasteiger partial charge in [-0.1, -0.05) is 30.3 Å². The Morgan fingerprint density at radius 2 is 1.87 bits per heavy atom. The average Bonchev–Trinajstić information content (AvgIpc) is 3.68. The molecule has 2 N–H and O–H groups in total. The van der Waals surface area contributed by atoms with E-state index in [0.717, 1.165) is 5.56 Å². The molecule has 3 aliphatic heterocycles. The zero-order chi connectivity index (χ0) is 33.0. The Balaban J connectivity index is 1.34. The number of nitrogens with one attached hydrogen (secondary N) is 1. The summed E-state index contributed by atoms with van der Waals surface area (Å²) in [4.78, 5) is 17.6. The van der Waals surface area contributed by atoms with Gasteiger partial charge in [-0.15, -0.1) is 5.10 Å². The summed E-state index contributed by atoms with van der Waals surface area (Å²) >= 11 is 0. The monoisotopic (exact) mass is 653 g/mol. The number of hydrogen-bond acceptors (Lipinski definition) is 7. The molecule has 11 nitrogen and oxygen atoms in total. The van der Waals surface area contributed by atoms with Gasteiger partial charge in [0.25, 0.3) is 6.43 Å². The van der Waals surface area contributed by atoms with E-state index in [1.54, 1.807) is 25.3 Å². The van der Waals surface area contributed by atoms with E-state index in [2.05, 4.69) is 15.5 Å². The molecule has 246 valence electrons. The van der Waals surface area contributed by atoms with Crippen molar-refractivity contribution in [2.24, 2.45) is 13.0 Å². The van der Waals surface area contributed by atoms with Crippen LogP contribution < -0.4 is 14.8 Å². The summed E-state index contributed by atoms with van der Waals surface area (Å²) in [5.41, 5.74) is 0.268. The Morgan fingerprint density at radius 3 is 2.57 bits per heavy atom. The van der Waals surface area contributed by atoms with Crippen molar-refractivity contribution >= 4 is 5.91 Å². The van der Waals surface area contributed by atoms with Crippen LogP contribution in [0.3, 0.4) is 0 Å². The molecule has 1 amide bonds. The maximum Gasteiger partial charge on any atom is 0.388 e. The predicted molar refractivity (Wildman–Crippen MR) is 160 cm³/mol. The van der Waals surface area contributed by atoms with Gasteiger partial charge in [0.2, 0.25) is 17.7 Å². The number of ether oxygens (including phenoxy) is 2. The first-order valence-corrected chi connectivity index (χ1v) is 15.0. The molecule has 15 heteroatoms. The molecule has 3 aromatic rings. The number of benzene rings is 1. The molecular weight excluding hydrogens is 622 g/mol. The minimum atomic E-state index is -3.19. The van der Waals surface area contributed by atoms with Gasteiger partial charge >= 0.3 is 6.61 Å². The number of carbonyl (C=O) groups is 1. The molecule has 1 atom stereocenters. The second-order valence-corrected chi connectivity index (χ2v) is 12.3. The lowest BCUT2D eigenvalue weighted by Gasteiger charge is -2.40. The normalized spacial score (nSPS) is 20.7. The number of hydrogen-bond donors (Lipinski definition) is 2. The fraction of sp³-hybridized carbons (Fsp3) is 0.375. The fourth-order valence-corrected chi connectivity index (χ4v) is 6.47. The van der Waals surface area contributed by atoms with Crippen LogP contribution in [0.4, 0.5) is 17.6 Å². The molecule has 0 radical (unpaired) electrons. The highest BCUT2D eigenvalue weighted by atomic mass is 19.3. The highest BCUT2D eigenvalue weighted by Gasteiger charge is 2.43. The molecule has 1 fully saturated rings. The van der Waals surface area contributed by atoms with E-state index in [0.29, 0.717) is 30.8 Å². The van der Waals surface area contributed by atoms with Crippen molar-refractivity contribution in [3.63, 3.8) is 0 Å². The number of fused-ring (bicyclic) bond motifs is 2. The number of aliphatic hydroxyl groups is 1. The molecule has 1 aromatic carbocycles. The Kier molecular flexibility index (Phi) is 7.65. The topological polar surface area (TPSA) is 121 Å². The van der Waals surface area contributed by atoms with Gasteiger partial charge in [0.1, 0.15) is 18.1 Å². The second kappa shape index (κ2) is 11.7. The third-order valence-corrected chi connectivity index (χ3v) is 8.51. The van der Waals surface area contributed by atoms with Crippen LogP contribution >= 0.6 is 0 Å². The first-order chi connectivity index (χ1) is 22.5. The SMILES string of the molecule is Cn1cc(-c2c3cccn(Cc4ccccc4)c-3nc2-c2c(C(F)F)nn3c2OC[C@@H](NC(=O)C2CC(C)(O)C2)C3)c(OC(F)F)n1. The van der Waals surface area contributed by atoms with Gasteiger partial charge in [-0.3, -0.25) is 9.48 Å². The highest BCUT2D eigenvalue weighted by molar-refractivity contribution is 5.97. The molecule has 1 saturated carbocycles. The van der Waals surface area contributed by atoms with Gasteiger partial charge in [-0.05, 0) is 37.5 Å². The number of halogens is 4. The van der Waals surface area contributed by atoms with Crippen LogP contribution in [0.25, 0.3) is 33.8 Å². The van der Waals surface area contributed by atoms with Crippen molar-refractivity contribution in [2.75, 3.05) is 6.61 Å². The number of aryl methyl sites for hydroxylation is 1. The van der Waals surface area contributed by atoms with E-state index < -0.39 is 36.3 Å². The highest BCUT2D eigenvalue weighted by Crippen LogP contribution is 2.50. The number of nitrogens with zero attached hydrogens (tertiary/aromatic N) is 6. The molecule has 2 aromatic heterocycles. The molecule has 47 heavy (non-hydrogen) atoms. The maximum absolute atomic E-state index is 14.8. The Morgan fingerprint density at radius 1 is 1.11 bits per heavy atom. The Bertz CT molecular complexity index is 1890. The first-order valence-electron chi connectivity index (χ1n) is 15.0. The lowest BCUT2D eigenvalue weighted by molar-refractivity contribution is -0.140. The summed E-state index contributed by atoms with van der Waals surface area (Å²) in [6, 6.07) is 12.5. The zero-order valence-corrected chi connectivity index (χ0v) is 25.4. The number of pyridine rings is 1. The zero-order valence-electron chi connectivity index (χ0n) is 25.4. The van der Waals surface area contributed by atoms with Crippen LogP contribution in [0.5, 0.6) is 11.8 Å². The van der Waals surface area contributed by atoms with Crippen molar-refractivity contribution in [1.29, 1.82) is 0 Å². The van der Waals surface area contributed by atoms with Gasteiger partial charge < -0.3 is 24.5 Å². The number of rotatable bonds is 9. The molecule has 0 saturated heterocycles. The Labute approximate surface area is 266 Å². The van der Waals surface area contributed by atoms with Crippen LogP contribution in [0.15, 0.2) is 54.9 Å². The average molecular weight is 654 g/mol. The van der Waals surface area contributed by atoms with E-state index in [-0.39, 0.29) is 53.2 Å². The minimum Gasteiger partial charge on any atom is -0.475 e. The summed E-state index contributed by atoms with van der Waals surface area (Å²) in [6.07, 6.45) is 0.866. The van der Waals surface area contributed by atoms with Crippen LogP contribution in [0.2, 0.25) is 0 Å². The van der Waals surface area contributed by atoms with Gasteiger partial charge in [-0.2, -0.15) is 13.9 Å². The molecule has 0 spiro atoms. The lowest BCUT2D eigenvalue weighted by atomic mass is 9.71. The second-order valence-electron chi connectivity index (χ2n) is 12.3. The number of alkyl halides is 4. The van der Waals surface area contributed by atoms with Crippen molar-refractivity contribution < 1.29 is 36.9 Å². The van der Waals surface area contributed by atoms with E-state index in [9.17, 15) is 27.5 Å². The van der Waals surface area contributed by atoms with Crippen LogP contribution in [-0.2, 0) is 24.9 Å². The van der Waals surface area contributed by atoms with Crippen molar-refractivity contribution in [2.45, 2.75) is 57.5 Å².